The van der Waals surface area contributed by atoms with Gasteiger partial charge in [-0.1, -0.05) is 34.1 Å². The minimum atomic E-state index is 0.517. The molecule has 1 aromatic heterocycles. The zero-order chi connectivity index (χ0) is 13.8. The summed E-state index contributed by atoms with van der Waals surface area (Å²) in [5, 5.41) is 4.68. The van der Waals surface area contributed by atoms with Gasteiger partial charge < -0.3 is 10.2 Å². The Bertz CT molecular complexity index is 400. The number of rotatable bonds is 6. The van der Waals surface area contributed by atoms with Crippen LogP contribution in [0.25, 0.3) is 0 Å². The van der Waals surface area contributed by atoms with Crippen molar-refractivity contribution >= 4 is 16.5 Å². The van der Waals surface area contributed by atoms with Crippen LogP contribution in [0.5, 0.6) is 0 Å². The Hall–Kier alpha value is -0.610. The SMILES string of the molecule is CCNCc1sc(N2CCC(CC)C2)nc1C(C)C. The Kier molecular flexibility index (Phi) is 5.22. The smallest absolute Gasteiger partial charge is 0.185 e. The highest BCUT2D eigenvalue weighted by molar-refractivity contribution is 7.15. The molecule has 108 valence electrons. The molecule has 1 unspecified atom stereocenters. The van der Waals surface area contributed by atoms with Crippen molar-refractivity contribution in [3.63, 3.8) is 0 Å². The number of nitrogens with zero attached hydrogens (tertiary/aromatic N) is 2. The number of hydrogen-bond donors (Lipinski definition) is 1. The lowest BCUT2D eigenvalue weighted by Crippen LogP contribution is -2.19. The van der Waals surface area contributed by atoms with E-state index in [1.54, 1.807) is 0 Å². The second-order valence-electron chi connectivity index (χ2n) is 5.75. The lowest BCUT2D eigenvalue weighted by Gasteiger charge is -2.14. The minimum Gasteiger partial charge on any atom is -0.348 e. The average Bonchev–Trinajstić information content (AvgIpc) is 3.02. The Balaban J connectivity index is 2.13. The fourth-order valence-corrected chi connectivity index (χ4v) is 3.86. The summed E-state index contributed by atoms with van der Waals surface area (Å²) in [7, 11) is 0. The van der Waals surface area contributed by atoms with Gasteiger partial charge >= 0.3 is 0 Å². The second kappa shape index (κ2) is 6.71. The van der Waals surface area contributed by atoms with Gasteiger partial charge in [0.05, 0.1) is 5.69 Å². The fourth-order valence-electron chi connectivity index (χ4n) is 2.64. The zero-order valence-electron chi connectivity index (χ0n) is 12.7. The molecule has 19 heavy (non-hydrogen) atoms. The van der Waals surface area contributed by atoms with Crippen LogP contribution in [0, 0.1) is 5.92 Å². The van der Waals surface area contributed by atoms with Crippen LogP contribution in [-0.2, 0) is 6.54 Å². The van der Waals surface area contributed by atoms with E-state index in [-0.39, 0.29) is 0 Å². The van der Waals surface area contributed by atoms with E-state index < -0.39 is 0 Å². The van der Waals surface area contributed by atoms with Crippen LogP contribution >= 0.6 is 11.3 Å². The van der Waals surface area contributed by atoms with Gasteiger partial charge in [0.25, 0.3) is 0 Å². The quantitative estimate of drug-likeness (QED) is 0.863. The third kappa shape index (κ3) is 3.48. The molecule has 2 heterocycles. The standard InChI is InChI=1S/C15H27N3S/c1-5-12-7-8-18(10-12)15-17-14(11(3)4)13(19-15)9-16-6-2/h11-12,16H,5-10H2,1-4H3. The van der Waals surface area contributed by atoms with Gasteiger partial charge in [-0.05, 0) is 24.8 Å². The van der Waals surface area contributed by atoms with Gasteiger partial charge in [0, 0.05) is 24.5 Å². The van der Waals surface area contributed by atoms with Crippen molar-refractivity contribution in [2.45, 2.75) is 53.0 Å². The van der Waals surface area contributed by atoms with Gasteiger partial charge in [-0.15, -0.1) is 11.3 Å². The van der Waals surface area contributed by atoms with Crippen molar-refractivity contribution in [2.24, 2.45) is 5.92 Å². The highest BCUT2D eigenvalue weighted by Crippen LogP contribution is 2.34. The number of thiazole rings is 1. The molecule has 0 spiro atoms. The third-order valence-corrected chi connectivity index (χ3v) is 5.06. The molecule has 0 saturated carbocycles. The molecule has 1 saturated heterocycles. The van der Waals surface area contributed by atoms with E-state index in [1.165, 1.54) is 41.6 Å². The summed E-state index contributed by atoms with van der Waals surface area (Å²) < 4.78 is 0. The first kappa shape index (κ1) is 14.8. The minimum absolute atomic E-state index is 0.517. The summed E-state index contributed by atoms with van der Waals surface area (Å²) in [6.07, 6.45) is 2.62. The van der Waals surface area contributed by atoms with Gasteiger partial charge in [-0.2, -0.15) is 0 Å². The van der Waals surface area contributed by atoms with Gasteiger partial charge in [-0.3, -0.25) is 0 Å². The van der Waals surface area contributed by atoms with Crippen molar-refractivity contribution in [3.8, 4) is 0 Å². The lowest BCUT2D eigenvalue weighted by molar-refractivity contribution is 0.569. The first-order valence-corrected chi connectivity index (χ1v) is 8.42. The molecule has 0 radical (unpaired) electrons. The molecule has 0 bridgehead atoms. The van der Waals surface area contributed by atoms with Crippen molar-refractivity contribution in [1.82, 2.24) is 10.3 Å². The van der Waals surface area contributed by atoms with Crippen LogP contribution in [0.4, 0.5) is 5.13 Å². The van der Waals surface area contributed by atoms with E-state index in [4.69, 9.17) is 4.98 Å². The van der Waals surface area contributed by atoms with E-state index in [2.05, 4.69) is 37.9 Å². The van der Waals surface area contributed by atoms with E-state index in [1.807, 2.05) is 11.3 Å². The number of hydrogen-bond acceptors (Lipinski definition) is 4. The molecule has 1 fully saturated rings. The van der Waals surface area contributed by atoms with Crippen molar-refractivity contribution in [3.05, 3.63) is 10.6 Å². The second-order valence-corrected chi connectivity index (χ2v) is 6.81. The Morgan fingerprint density at radius 3 is 2.79 bits per heavy atom. The molecular weight excluding hydrogens is 254 g/mol. The first-order chi connectivity index (χ1) is 9.15. The third-order valence-electron chi connectivity index (χ3n) is 3.93. The molecule has 1 N–H and O–H groups in total. The zero-order valence-corrected chi connectivity index (χ0v) is 13.5. The number of aromatic nitrogens is 1. The fraction of sp³-hybridized carbons (Fsp3) is 0.800. The van der Waals surface area contributed by atoms with Gasteiger partial charge in [-0.25, -0.2) is 4.98 Å². The summed E-state index contributed by atoms with van der Waals surface area (Å²) >= 11 is 1.89. The largest absolute Gasteiger partial charge is 0.348 e. The maximum Gasteiger partial charge on any atom is 0.185 e. The van der Waals surface area contributed by atoms with Gasteiger partial charge in [0.15, 0.2) is 5.13 Å². The summed E-state index contributed by atoms with van der Waals surface area (Å²) in [6.45, 7) is 13.3. The van der Waals surface area contributed by atoms with Gasteiger partial charge in [0.1, 0.15) is 0 Å². The number of anilines is 1. The lowest BCUT2D eigenvalue weighted by atomic mass is 10.1. The summed E-state index contributed by atoms with van der Waals surface area (Å²) in [4.78, 5) is 8.83. The summed E-state index contributed by atoms with van der Waals surface area (Å²) in [5.74, 6) is 1.38. The Morgan fingerprint density at radius 2 is 2.21 bits per heavy atom. The molecule has 1 aromatic rings. The van der Waals surface area contributed by atoms with E-state index >= 15 is 0 Å². The predicted molar refractivity (Wildman–Crippen MR) is 84.2 cm³/mol. The van der Waals surface area contributed by atoms with E-state index in [0.29, 0.717) is 5.92 Å². The summed E-state index contributed by atoms with van der Waals surface area (Å²) in [6, 6.07) is 0. The highest BCUT2D eigenvalue weighted by Gasteiger charge is 2.25. The monoisotopic (exact) mass is 281 g/mol. The molecule has 1 aliphatic heterocycles. The average molecular weight is 281 g/mol. The highest BCUT2D eigenvalue weighted by atomic mass is 32.1. The van der Waals surface area contributed by atoms with Crippen LogP contribution in [0.15, 0.2) is 0 Å². The van der Waals surface area contributed by atoms with Crippen LogP contribution < -0.4 is 10.2 Å². The van der Waals surface area contributed by atoms with Crippen LogP contribution in [-0.4, -0.2) is 24.6 Å². The maximum atomic E-state index is 4.92. The molecule has 4 heteroatoms. The van der Waals surface area contributed by atoms with E-state index in [0.717, 1.165) is 19.0 Å². The normalized spacial score (nSPS) is 19.6. The first-order valence-electron chi connectivity index (χ1n) is 7.60. The predicted octanol–water partition coefficient (Wildman–Crippen LogP) is 3.61. The maximum absolute atomic E-state index is 4.92. The van der Waals surface area contributed by atoms with Crippen molar-refractivity contribution in [2.75, 3.05) is 24.5 Å². The molecule has 1 aliphatic rings. The summed E-state index contributed by atoms with van der Waals surface area (Å²) in [5.41, 5.74) is 1.29. The topological polar surface area (TPSA) is 28.2 Å². The molecule has 3 nitrogen and oxygen atoms in total. The molecule has 0 aliphatic carbocycles. The molecular formula is C15H27N3S. The van der Waals surface area contributed by atoms with Crippen molar-refractivity contribution < 1.29 is 0 Å². The van der Waals surface area contributed by atoms with E-state index in [9.17, 15) is 0 Å². The van der Waals surface area contributed by atoms with Gasteiger partial charge in [0.2, 0.25) is 0 Å². The molecule has 0 aromatic carbocycles. The molecule has 1 atom stereocenters. The Morgan fingerprint density at radius 1 is 1.42 bits per heavy atom. The van der Waals surface area contributed by atoms with Crippen LogP contribution in [0.3, 0.4) is 0 Å². The number of nitrogens with one attached hydrogen (secondary N) is 1. The van der Waals surface area contributed by atoms with Crippen LogP contribution in [0.1, 0.15) is 57.0 Å². The molecule has 2 rings (SSSR count). The Labute approximate surface area is 121 Å². The van der Waals surface area contributed by atoms with Crippen molar-refractivity contribution in [1.29, 1.82) is 0 Å². The molecule has 0 amide bonds. The van der Waals surface area contributed by atoms with Crippen LogP contribution in [0.2, 0.25) is 0 Å².